The van der Waals surface area contributed by atoms with Gasteiger partial charge in [-0.1, -0.05) is 44.7 Å². The van der Waals surface area contributed by atoms with Gasteiger partial charge in [0.2, 0.25) is 5.91 Å². The van der Waals surface area contributed by atoms with Gasteiger partial charge in [-0.15, -0.1) is 0 Å². The van der Waals surface area contributed by atoms with Gasteiger partial charge in [-0.3, -0.25) is 4.79 Å². The number of carbonyl (C=O) groups is 1. The Bertz CT molecular complexity index is 509. The van der Waals surface area contributed by atoms with Crippen LogP contribution in [0.2, 0.25) is 0 Å². The second kappa shape index (κ2) is 13.4. The van der Waals surface area contributed by atoms with Gasteiger partial charge in [-0.25, -0.2) is 0 Å². The van der Waals surface area contributed by atoms with E-state index in [0.29, 0.717) is 19.4 Å². The number of benzene rings is 1. The molecule has 0 saturated carbocycles. The molecule has 0 spiro atoms. The Morgan fingerprint density at radius 2 is 1.83 bits per heavy atom. The van der Waals surface area contributed by atoms with Crippen LogP contribution in [-0.4, -0.2) is 12.5 Å². The molecule has 1 N–H and O–H groups in total. The zero-order chi connectivity index (χ0) is 17.5. The van der Waals surface area contributed by atoms with E-state index in [2.05, 4.69) is 18.3 Å². The van der Waals surface area contributed by atoms with Gasteiger partial charge < -0.3 is 10.1 Å². The second-order valence-corrected chi connectivity index (χ2v) is 6.03. The fraction of sp³-hybridized carbons (Fsp3) is 0.600. The van der Waals surface area contributed by atoms with Crippen LogP contribution in [0.1, 0.15) is 71.1 Å². The van der Waals surface area contributed by atoms with E-state index in [1.165, 1.54) is 19.3 Å². The molecule has 0 unspecified atom stereocenters. The first kappa shape index (κ1) is 20.0. The predicted molar refractivity (Wildman–Crippen MR) is 98.0 cm³/mol. The summed E-state index contributed by atoms with van der Waals surface area (Å²) in [5.74, 6) is 0.772. The highest BCUT2D eigenvalue weighted by Gasteiger charge is 2.07. The third kappa shape index (κ3) is 9.19. The first-order valence-corrected chi connectivity index (χ1v) is 9.16. The topological polar surface area (TPSA) is 62.1 Å². The summed E-state index contributed by atoms with van der Waals surface area (Å²) in [5, 5.41) is 11.5. The molecule has 24 heavy (non-hydrogen) atoms. The van der Waals surface area contributed by atoms with Crippen LogP contribution in [0.3, 0.4) is 0 Å². The van der Waals surface area contributed by atoms with Crippen molar-refractivity contribution in [3.8, 4) is 11.8 Å². The first-order valence-electron chi connectivity index (χ1n) is 9.16. The number of para-hydroxylation sites is 2. The smallest absolute Gasteiger partial charge is 0.224 e. The third-order valence-electron chi connectivity index (χ3n) is 3.86. The lowest BCUT2D eigenvalue weighted by atomic mass is 10.1. The van der Waals surface area contributed by atoms with Crippen LogP contribution in [-0.2, 0) is 4.79 Å². The summed E-state index contributed by atoms with van der Waals surface area (Å²) in [5.41, 5.74) is 0.744. The van der Waals surface area contributed by atoms with Crippen molar-refractivity contribution in [1.29, 1.82) is 5.26 Å². The Balaban J connectivity index is 2.31. The quantitative estimate of drug-likeness (QED) is 0.489. The van der Waals surface area contributed by atoms with Crippen LogP contribution in [0.4, 0.5) is 5.69 Å². The summed E-state index contributed by atoms with van der Waals surface area (Å²) in [7, 11) is 0. The highest BCUT2D eigenvalue weighted by atomic mass is 16.5. The number of hydrogen-bond donors (Lipinski definition) is 1. The van der Waals surface area contributed by atoms with Crippen molar-refractivity contribution in [2.24, 2.45) is 0 Å². The second-order valence-electron chi connectivity index (χ2n) is 6.03. The molecule has 0 aliphatic carbocycles. The molecule has 0 saturated heterocycles. The van der Waals surface area contributed by atoms with Crippen LogP contribution < -0.4 is 10.1 Å². The molecule has 0 atom stereocenters. The molecule has 4 heteroatoms. The molecule has 4 nitrogen and oxygen atoms in total. The minimum atomic E-state index is 0.0524. The number of rotatable bonds is 13. The fourth-order valence-electron chi connectivity index (χ4n) is 2.46. The average Bonchev–Trinajstić information content (AvgIpc) is 2.59. The Hall–Kier alpha value is -2.02. The van der Waals surface area contributed by atoms with Gasteiger partial charge in [0.05, 0.1) is 18.4 Å². The Kier molecular flexibility index (Phi) is 11.2. The molecule has 0 fully saturated rings. The van der Waals surface area contributed by atoms with Crippen molar-refractivity contribution in [2.75, 3.05) is 11.9 Å². The van der Waals surface area contributed by atoms with Crippen LogP contribution in [0.15, 0.2) is 24.3 Å². The lowest BCUT2D eigenvalue weighted by Gasteiger charge is -2.12. The van der Waals surface area contributed by atoms with Gasteiger partial charge in [0, 0.05) is 12.8 Å². The summed E-state index contributed by atoms with van der Waals surface area (Å²) in [6.45, 7) is 2.79. The van der Waals surface area contributed by atoms with Gasteiger partial charge in [0.1, 0.15) is 5.75 Å². The third-order valence-corrected chi connectivity index (χ3v) is 3.86. The summed E-state index contributed by atoms with van der Waals surface area (Å²) in [6, 6.07) is 9.71. The highest BCUT2D eigenvalue weighted by Crippen LogP contribution is 2.24. The molecule has 132 valence electrons. The molecule has 0 aliphatic rings. The van der Waals surface area contributed by atoms with Gasteiger partial charge in [0.25, 0.3) is 0 Å². The number of unbranched alkanes of at least 4 members (excludes halogenated alkanes) is 7. The minimum Gasteiger partial charge on any atom is -0.491 e. The molecule has 0 heterocycles. The molecule has 0 aliphatic heterocycles. The highest BCUT2D eigenvalue weighted by molar-refractivity contribution is 5.92. The van der Waals surface area contributed by atoms with Crippen LogP contribution >= 0.6 is 0 Å². The van der Waals surface area contributed by atoms with Crippen molar-refractivity contribution in [1.82, 2.24) is 0 Å². The molecule has 0 aromatic heterocycles. The summed E-state index contributed by atoms with van der Waals surface area (Å²) < 4.78 is 5.78. The number of nitrogens with zero attached hydrogens (tertiary/aromatic N) is 1. The normalized spacial score (nSPS) is 10.2. The predicted octanol–water partition coefficient (Wildman–Crippen LogP) is 5.45. The van der Waals surface area contributed by atoms with Crippen molar-refractivity contribution >= 4 is 11.6 Å². The molecule has 1 rings (SSSR count). The lowest BCUT2D eigenvalue weighted by Crippen LogP contribution is -2.12. The van der Waals surface area contributed by atoms with E-state index < -0.39 is 0 Å². The molecule has 1 amide bonds. The number of anilines is 1. The van der Waals surface area contributed by atoms with E-state index in [1.807, 2.05) is 24.3 Å². The van der Waals surface area contributed by atoms with Gasteiger partial charge in [-0.2, -0.15) is 5.26 Å². The van der Waals surface area contributed by atoms with Crippen molar-refractivity contribution in [3.63, 3.8) is 0 Å². The molecular weight excluding hydrogens is 300 g/mol. The summed E-state index contributed by atoms with van der Waals surface area (Å²) in [6.07, 6.45) is 9.69. The van der Waals surface area contributed by atoms with Gasteiger partial charge in [-0.05, 0) is 37.8 Å². The number of nitrogens with one attached hydrogen (secondary N) is 1. The van der Waals surface area contributed by atoms with Crippen LogP contribution in [0.5, 0.6) is 5.75 Å². The number of ether oxygens (including phenoxy) is 1. The minimum absolute atomic E-state index is 0.0524. The van der Waals surface area contributed by atoms with Gasteiger partial charge >= 0.3 is 0 Å². The van der Waals surface area contributed by atoms with Gasteiger partial charge in [0.15, 0.2) is 0 Å². The average molecular weight is 330 g/mol. The maximum absolute atomic E-state index is 12.0. The zero-order valence-electron chi connectivity index (χ0n) is 14.9. The Labute approximate surface area is 146 Å². The number of carbonyl (C=O) groups excluding carboxylic acids is 1. The lowest BCUT2D eigenvalue weighted by molar-refractivity contribution is -0.116. The van der Waals surface area contributed by atoms with Crippen molar-refractivity contribution < 1.29 is 9.53 Å². The van der Waals surface area contributed by atoms with E-state index >= 15 is 0 Å². The molecule has 0 radical (unpaired) electrons. The van der Waals surface area contributed by atoms with E-state index in [0.717, 1.165) is 43.5 Å². The molecular formula is C20H30N2O2. The molecule has 1 aromatic rings. The maximum Gasteiger partial charge on any atom is 0.224 e. The van der Waals surface area contributed by atoms with E-state index in [-0.39, 0.29) is 5.91 Å². The van der Waals surface area contributed by atoms with Crippen molar-refractivity contribution in [3.05, 3.63) is 24.3 Å². The van der Waals surface area contributed by atoms with E-state index in [9.17, 15) is 4.79 Å². The zero-order valence-corrected chi connectivity index (χ0v) is 14.9. The standard InChI is InChI=1S/C20H30N2O2/c1-2-3-4-5-8-15-20(23)22-18-13-9-10-14-19(18)24-17-12-7-6-11-16-21/h9-10,13-14H,2-8,11-12,15,17H2,1H3,(H,22,23). The SMILES string of the molecule is CCCCCCCC(=O)Nc1ccccc1OCCCCCC#N. The summed E-state index contributed by atoms with van der Waals surface area (Å²) >= 11 is 0. The molecule has 0 bridgehead atoms. The van der Waals surface area contributed by atoms with E-state index in [1.54, 1.807) is 0 Å². The van der Waals surface area contributed by atoms with Crippen molar-refractivity contribution in [2.45, 2.75) is 71.1 Å². The maximum atomic E-state index is 12.0. The molecule has 1 aromatic carbocycles. The summed E-state index contributed by atoms with van der Waals surface area (Å²) in [4.78, 5) is 12.0. The number of nitriles is 1. The first-order chi connectivity index (χ1) is 11.8. The largest absolute Gasteiger partial charge is 0.491 e. The monoisotopic (exact) mass is 330 g/mol. The van der Waals surface area contributed by atoms with Crippen LogP contribution in [0.25, 0.3) is 0 Å². The Morgan fingerprint density at radius 3 is 2.62 bits per heavy atom. The number of amides is 1. The van der Waals surface area contributed by atoms with Crippen LogP contribution in [0, 0.1) is 11.3 Å². The Morgan fingerprint density at radius 1 is 1.08 bits per heavy atom. The van der Waals surface area contributed by atoms with E-state index in [4.69, 9.17) is 10.00 Å². The number of hydrogen-bond acceptors (Lipinski definition) is 3. The fourth-order valence-corrected chi connectivity index (χ4v) is 2.46.